The number of methoxy groups -OCH3 is 1. The zero-order chi connectivity index (χ0) is 22.8. The van der Waals surface area contributed by atoms with E-state index in [-0.39, 0.29) is 18.3 Å². The van der Waals surface area contributed by atoms with E-state index in [9.17, 15) is 14.0 Å². The Bertz CT molecular complexity index is 1100. The van der Waals surface area contributed by atoms with E-state index in [1.54, 1.807) is 33.1 Å². The SMILES string of the molecule is CCOC(=O)C1=C(C)NC2=CC(c3ccc(OC)cc3)CC(=O)C2C1c1cccc(F)c1. The van der Waals surface area contributed by atoms with Gasteiger partial charge in [-0.25, -0.2) is 9.18 Å². The molecule has 32 heavy (non-hydrogen) atoms. The van der Waals surface area contributed by atoms with Crippen LogP contribution in [0.15, 0.2) is 71.6 Å². The van der Waals surface area contributed by atoms with Gasteiger partial charge in [0.05, 0.1) is 25.2 Å². The van der Waals surface area contributed by atoms with Crippen LogP contribution in [0.4, 0.5) is 4.39 Å². The summed E-state index contributed by atoms with van der Waals surface area (Å²) >= 11 is 0. The Kier molecular flexibility index (Phi) is 6.12. The summed E-state index contributed by atoms with van der Waals surface area (Å²) in [4.78, 5) is 26.3. The highest BCUT2D eigenvalue weighted by atomic mass is 19.1. The highest BCUT2D eigenvalue weighted by molar-refractivity contribution is 5.96. The Labute approximate surface area is 186 Å². The van der Waals surface area contributed by atoms with Gasteiger partial charge in [0, 0.05) is 29.7 Å². The molecule has 0 bridgehead atoms. The molecule has 0 radical (unpaired) electrons. The minimum absolute atomic E-state index is 0.000576. The van der Waals surface area contributed by atoms with Gasteiger partial charge in [-0.15, -0.1) is 0 Å². The summed E-state index contributed by atoms with van der Waals surface area (Å²) in [6, 6.07) is 13.7. The van der Waals surface area contributed by atoms with Crippen molar-refractivity contribution in [1.29, 1.82) is 0 Å². The minimum Gasteiger partial charge on any atom is -0.497 e. The molecular weight excluding hydrogens is 409 g/mol. The number of rotatable bonds is 5. The molecule has 1 aliphatic carbocycles. The van der Waals surface area contributed by atoms with E-state index in [1.807, 2.05) is 30.3 Å². The average Bonchev–Trinajstić information content (AvgIpc) is 2.78. The molecule has 1 N–H and O–H groups in total. The summed E-state index contributed by atoms with van der Waals surface area (Å²) in [6.45, 7) is 3.74. The maximum atomic E-state index is 14.1. The molecule has 166 valence electrons. The second kappa shape index (κ2) is 8.99. The van der Waals surface area contributed by atoms with E-state index in [4.69, 9.17) is 9.47 Å². The number of nitrogens with one attached hydrogen (secondary N) is 1. The van der Waals surface area contributed by atoms with Gasteiger partial charge in [-0.2, -0.15) is 0 Å². The summed E-state index contributed by atoms with van der Waals surface area (Å²) in [7, 11) is 1.61. The molecule has 0 saturated carbocycles. The predicted molar refractivity (Wildman–Crippen MR) is 119 cm³/mol. The Morgan fingerprint density at radius 2 is 1.88 bits per heavy atom. The van der Waals surface area contributed by atoms with E-state index in [1.165, 1.54) is 12.1 Å². The molecule has 1 aliphatic heterocycles. The third kappa shape index (κ3) is 4.05. The van der Waals surface area contributed by atoms with Crippen LogP contribution in [0, 0.1) is 11.7 Å². The molecule has 5 nitrogen and oxygen atoms in total. The first-order valence-corrected chi connectivity index (χ1v) is 10.7. The van der Waals surface area contributed by atoms with E-state index >= 15 is 0 Å². The topological polar surface area (TPSA) is 64.6 Å². The van der Waals surface area contributed by atoms with Crippen molar-refractivity contribution < 1.29 is 23.5 Å². The van der Waals surface area contributed by atoms with Gasteiger partial charge in [-0.05, 0) is 49.2 Å². The first-order chi connectivity index (χ1) is 15.4. The van der Waals surface area contributed by atoms with Crippen molar-refractivity contribution in [2.45, 2.75) is 32.1 Å². The van der Waals surface area contributed by atoms with Gasteiger partial charge in [0.25, 0.3) is 0 Å². The van der Waals surface area contributed by atoms with Crippen molar-refractivity contribution in [3.63, 3.8) is 0 Å². The Balaban J connectivity index is 1.80. The zero-order valence-electron chi connectivity index (χ0n) is 18.4. The van der Waals surface area contributed by atoms with Gasteiger partial charge in [0.1, 0.15) is 17.3 Å². The quantitative estimate of drug-likeness (QED) is 0.695. The van der Waals surface area contributed by atoms with Crippen molar-refractivity contribution in [1.82, 2.24) is 5.32 Å². The smallest absolute Gasteiger partial charge is 0.336 e. The van der Waals surface area contributed by atoms with Crippen LogP contribution in [-0.4, -0.2) is 25.5 Å². The second-order valence-corrected chi connectivity index (χ2v) is 8.07. The number of hydrogen-bond acceptors (Lipinski definition) is 5. The number of benzene rings is 2. The number of ketones is 1. The van der Waals surface area contributed by atoms with Crippen LogP contribution < -0.4 is 10.1 Å². The van der Waals surface area contributed by atoms with Gasteiger partial charge < -0.3 is 14.8 Å². The number of ether oxygens (including phenoxy) is 2. The Morgan fingerprint density at radius 1 is 1.12 bits per heavy atom. The van der Waals surface area contributed by atoms with Crippen LogP contribution in [0.5, 0.6) is 5.75 Å². The summed E-state index contributed by atoms with van der Waals surface area (Å²) in [5.74, 6) is -1.46. The van der Waals surface area contributed by atoms with Gasteiger partial charge >= 0.3 is 5.97 Å². The summed E-state index contributed by atoms with van der Waals surface area (Å²) < 4.78 is 24.6. The lowest BCUT2D eigenvalue weighted by atomic mass is 9.68. The lowest BCUT2D eigenvalue weighted by Gasteiger charge is -2.39. The van der Waals surface area contributed by atoms with Crippen molar-refractivity contribution >= 4 is 11.8 Å². The van der Waals surface area contributed by atoms with Crippen LogP contribution in [-0.2, 0) is 14.3 Å². The predicted octanol–water partition coefficient (Wildman–Crippen LogP) is 4.61. The molecule has 6 heteroatoms. The van der Waals surface area contributed by atoms with E-state index in [0.29, 0.717) is 23.3 Å². The molecule has 0 fully saturated rings. The molecule has 2 aliphatic rings. The van der Waals surface area contributed by atoms with Gasteiger partial charge in [-0.3, -0.25) is 4.79 Å². The van der Waals surface area contributed by atoms with Crippen LogP contribution >= 0.6 is 0 Å². The maximum absolute atomic E-state index is 14.1. The van der Waals surface area contributed by atoms with Crippen LogP contribution in [0.2, 0.25) is 0 Å². The van der Waals surface area contributed by atoms with Gasteiger partial charge in [-0.1, -0.05) is 30.3 Å². The fraction of sp³-hybridized carbons (Fsp3) is 0.308. The zero-order valence-corrected chi connectivity index (χ0v) is 18.4. The highest BCUT2D eigenvalue weighted by Crippen LogP contribution is 2.46. The molecule has 1 heterocycles. The number of allylic oxidation sites excluding steroid dienone is 3. The Hall–Kier alpha value is -3.41. The molecular formula is C26H26FNO4. The number of Topliss-reactive ketones (excluding diaryl/α,β-unsaturated/α-hetero) is 1. The molecule has 0 spiro atoms. The number of carbonyl (C=O) groups excluding carboxylic acids is 2. The molecule has 4 rings (SSSR count). The van der Waals surface area contributed by atoms with Crippen LogP contribution in [0.25, 0.3) is 0 Å². The highest BCUT2D eigenvalue weighted by Gasteiger charge is 2.45. The lowest BCUT2D eigenvalue weighted by Crippen LogP contribution is -2.42. The second-order valence-electron chi connectivity index (χ2n) is 8.07. The first-order valence-electron chi connectivity index (χ1n) is 10.7. The first kappa shape index (κ1) is 21.8. The molecule has 2 aromatic rings. The lowest BCUT2D eigenvalue weighted by molar-refractivity contribution is -0.139. The number of esters is 1. The fourth-order valence-electron chi connectivity index (χ4n) is 4.68. The summed E-state index contributed by atoms with van der Waals surface area (Å²) in [5.41, 5.74) is 3.31. The number of carbonyl (C=O) groups is 2. The number of halogens is 1. The van der Waals surface area contributed by atoms with Crippen molar-refractivity contribution in [3.8, 4) is 5.75 Å². The molecule has 0 amide bonds. The van der Waals surface area contributed by atoms with Crippen molar-refractivity contribution in [2.24, 2.45) is 5.92 Å². The van der Waals surface area contributed by atoms with Crippen molar-refractivity contribution in [3.05, 3.63) is 88.5 Å². The average molecular weight is 435 g/mol. The fourth-order valence-corrected chi connectivity index (χ4v) is 4.68. The van der Waals surface area contributed by atoms with Gasteiger partial charge in [0.2, 0.25) is 0 Å². The summed E-state index contributed by atoms with van der Waals surface area (Å²) in [6.07, 6.45) is 2.34. The van der Waals surface area contributed by atoms with E-state index in [2.05, 4.69) is 5.32 Å². The molecule has 2 aromatic carbocycles. The van der Waals surface area contributed by atoms with Gasteiger partial charge in [0.15, 0.2) is 0 Å². The van der Waals surface area contributed by atoms with Crippen LogP contribution in [0.1, 0.15) is 43.2 Å². The third-order valence-corrected chi connectivity index (χ3v) is 6.11. The standard InChI is InChI=1S/C26H26FNO4/c1-4-32-26(30)23-15(2)28-21-13-18(16-8-10-20(31-3)11-9-16)14-22(29)25(21)24(23)17-6-5-7-19(27)12-17/h5-13,18,24-25,28H,4,14H2,1-3H3. The molecule has 3 unspecified atom stereocenters. The maximum Gasteiger partial charge on any atom is 0.336 e. The number of fused-ring (bicyclic) bond motifs is 1. The van der Waals surface area contributed by atoms with E-state index < -0.39 is 23.6 Å². The monoisotopic (exact) mass is 435 g/mol. The molecule has 3 atom stereocenters. The molecule has 0 saturated heterocycles. The summed E-state index contributed by atoms with van der Waals surface area (Å²) in [5, 5.41) is 3.28. The third-order valence-electron chi connectivity index (χ3n) is 6.11. The van der Waals surface area contributed by atoms with Crippen LogP contribution in [0.3, 0.4) is 0 Å². The largest absolute Gasteiger partial charge is 0.497 e. The van der Waals surface area contributed by atoms with E-state index in [0.717, 1.165) is 17.0 Å². The Morgan fingerprint density at radius 3 is 2.53 bits per heavy atom. The molecule has 0 aromatic heterocycles. The van der Waals surface area contributed by atoms with Crippen molar-refractivity contribution in [2.75, 3.05) is 13.7 Å². The minimum atomic E-state index is -0.610. The normalized spacial score (nSPS) is 22.6. The number of hydrogen-bond donors (Lipinski definition) is 1.